The predicted octanol–water partition coefficient (Wildman–Crippen LogP) is 26.3. The van der Waals surface area contributed by atoms with E-state index in [-0.39, 0.29) is 0 Å². The molecule has 10 fully saturated rings. The van der Waals surface area contributed by atoms with Crippen LogP contribution in [-0.2, 0) is 61.9 Å². The van der Waals surface area contributed by atoms with Crippen molar-refractivity contribution in [2.24, 2.45) is 108 Å². The van der Waals surface area contributed by atoms with E-state index in [1.54, 1.807) is 5.56 Å². The Kier molecular flexibility index (Phi) is 43.7. The summed E-state index contributed by atoms with van der Waals surface area (Å²) in [6, 6.07) is 17.6. The second kappa shape index (κ2) is 47.9. The average Bonchev–Trinajstić information content (AvgIpc) is 1.53. The van der Waals surface area contributed by atoms with Crippen LogP contribution >= 0.6 is 0 Å². The molecule has 0 aromatic heterocycles. The van der Waals surface area contributed by atoms with Crippen LogP contribution in [0.2, 0.25) is 0 Å². The van der Waals surface area contributed by atoms with Crippen LogP contribution in [0.1, 0.15) is 338 Å². The van der Waals surface area contributed by atoms with E-state index in [0.29, 0.717) is 61.4 Å². The van der Waals surface area contributed by atoms with Gasteiger partial charge in [0.2, 0.25) is 0 Å². The summed E-state index contributed by atoms with van der Waals surface area (Å²) in [6.07, 6.45) is 29.0. The minimum Gasteiger partial charge on any atom is -0.382 e. The highest BCUT2D eigenvalue weighted by Crippen LogP contribution is 2.67. The average molecular weight is 1510 g/mol. The van der Waals surface area contributed by atoms with Crippen LogP contribution < -0.4 is 0 Å². The molecule has 0 N–H and O–H groups in total. The van der Waals surface area contributed by atoms with Gasteiger partial charge in [-0.2, -0.15) is 0 Å². The first-order valence-corrected chi connectivity index (χ1v) is 45.4. The summed E-state index contributed by atoms with van der Waals surface area (Å²) >= 11 is 0. The molecule has 0 heterocycles. The molecular weight excluding hydrogens is 1330 g/mol. The third-order valence-corrected chi connectivity index (χ3v) is 28.8. The Bertz CT molecular complexity index is 2640. The zero-order valence-corrected chi connectivity index (χ0v) is 76.5. The SMILES string of the molecule is CCOC1C2(C)CCC(C2)C1(C)C.CCOC1C2CCC(C2(C)C)C1(C)C.CCOCC1CC2CC(C1)C2(C)C.CCOCC1CCC2CC1C2(C)C.CCOCC1CCCc2ccccc21.CCOCC1CCc2ccccc2C1.CCOCCC(C)(C)C.CCOCCC(C)(C)CC.CCOCCC(C)C. The van der Waals surface area contributed by atoms with Crippen LogP contribution in [0.15, 0.2) is 48.5 Å². The molecule has 0 spiro atoms. The van der Waals surface area contributed by atoms with Crippen molar-refractivity contribution in [3.05, 3.63) is 70.8 Å². The van der Waals surface area contributed by atoms with E-state index in [1.807, 2.05) is 20.8 Å². The first kappa shape index (κ1) is 98.4. The van der Waals surface area contributed by atoms with Gasteiger partial charge in [0.25, 0.3) is 0 Å². The van der Waals surface area contributed by atoms with Crippen LogP contribution in [0, 0.1) is 108 Å². The normalized spacial score (nSPS) is 29.4. The fourth-order valence-corrected chi connectivity index (χ4v) is 21.1. The highest BCUT2D eigenvalue weighted by atomic mass is 16.5. The third-order valence-electron chi connectivity index (χ3n) is 28.8. The highest BCUT2D eigenvalue weighted by molar-refractivity contribution is 5.33. The molecule has 13 unspecified atom stereocenters. The molecule has 12 aliphatic rings. The lowest BCUT2D eigenvalue weighted by molar-refractivity contribution is -0.123. The fourth-order valence-electron chi connectivity index (χ4n) is 21.1. The molecule has 13 atom stereocenters. The summed E-state index contributed by atoms with van der Waals surface area (Å²) in [7, 11) is 0. The van der Waals surface area contributed by atoms with Crippen LogP contribution in [0.3, 0.4) is 0 Å². The van der Waals surface area contributed by atoms with Gasteiger partial charge in [-0.3, -0.25) is 0 Å². The summed E-state index contributed by atoms with van der Waals surface area (Å²) < 4.78 is 49.7. The van der Waals surface area contributed by atoms with E-state index < -0.39 is 0 Å². The molecule has 0 aliphatic heterocycles. The van der Waals surface area contributed by atoms with Gasteiger partial charge in [0.15, 0.2) is 0 Å². The minimum atomic E-state index is 0.391. The van der Waals surface area contributed by atoms with E-state index in [1.165, 1.54) is 145 Å². The van der Waals surface area contributed by atoms with Crippen molar-refractivity contribution in [2.75, 3.05) is 106 Å². The first-order chi connectivity index (χ1) is 51.0. The highest BCUT2D eigenvalue weighted by Gasteiger charge is 2.64. The Labute approximate surface area is 670 Å². The molecule has 0 amide bonds. The minimum absolute atomic E-state index is 0.391. The standard InChI is InChI=1S/C13H24O.2C13H18O.3C12H22O.C9H20O.C8H18O.C7H16O/c1-6-14-11-9-7-8-10(12(9,2)3)13(11,4)5;1-2-14-10-12-8-5-7-11-6-3-4-9-13(11)12;1-2-14-10-11-7-8-12-5-3-4-6-13(12)9-11;1-5-13-10-11(2,3)9-6-7-12(10,4)8-9;1-4-13-8-9-5-10-7-11(6-9)12(10,2)3;1-4-13-8-9-5-6-10-7-11(9)12(10,2)3;1-5-9(3,4)7-8-10-6-2;1-5-9-7-6-8(2,3)4;1-4-8-6-5-7(2)3/h9-11H,6-8H2,1-5H3;3-4,6,9,12H,2,5,7-8,10H2,1H3;3-6,11H,2,7-10H2,1H3;9-10H,5-8H2,1-4H3;2*9-11H,4-8H2,1-3H3;5-8H2,1-4H3;5-7H2,1-4H3;7H,4-6H2,1-3H3. The van der Waals surface area contributed by atoms with E-state index >= 15 is 0 Å². The first-order valence-electron chi connectivity index (χ1n) is 45.4. The van der Waals surface area contributed by atoms with Crippen molar-refractivity contribution in [3.63, 3.8) is 0 Å². The summed E-state index contributed by atoms with van der Waals surface area (Å²) in [5.41, 5.74) is 10.1. The number of hydrogen-bond acceptors (Lipinski definition) is 9. The zero-order chi connectivity index (χ0) is 80.6. The summed E-state index contributed by atoms with van der Waals surface area (Å²) in [5, 5.41) is 0. The molecule has 0 radical (unpaired) electrons. The fraction of sp³-hybridized carbons (Fsp3) is 0.879. The van der Waals surface area contributed by atoms with Crippen molar-refractivity contribution in [1.29, 1.82) is 0 Å². The zero-order valence-electron chi connectivity index (χ0n) is 76.5. The third kappa shape index (κ3) is 30.0. The lowest BCUT2D eigenvalue weighted by Crippen LogP contribution is -2.53. The summed E-state index contributed by atoms with van der Waals surface area (Å²) in [4.78, 5) is 0. The number of hydrogen-bond donors (Lipinski definition) is 0. The lowest BCUT2D eigenvalue weighted by Gasteiger charge is -2.60. The molecule has 9 nitrogen and oxygen atoms in total. The Balaban J connectivity index is 0.000000258. The van der Waals surface area contributed by atoms with Gasteiger partial charge in [-0.05, 0) is 321 Å². The van der Waals surface area contributed by atoms with Gasteiger partial charge >= 0.3 is 0 Å². The Hall–Kier alpha value is -1.92. The van der Waals surface area contributed by atoms with E-state index in [9.17, 15) is 0 Å². The second-order valence-corrected chi connectivity index (χ2v) is 40.1. The maximum absolute atomic E-state index is 5.99. The summed E-state index contributed by atoms with van der Waals surface area (Å²) in [5.74, 6) is 10.4. The number of ether oxygens (including phenoxy) is 9. The van der Waals surface area contributed by atoms with E-state index in [2.05, 4.69) is 222 Å². The molecule has 108 heavy (non-hydrogen) atoms. The van der Waals surface area contributed by atoms with Crippen molar-refractivity contribution < 1.29 is 42.6 Å². The van der Waals surface area contributed by atoms with Crippen LogP contribution in [0.4, 0.5) is 0 Å². The molecule has 8 bridgehead atoms. The van der Waals surface area contributed by atoms with Gasteiger partial charge in [0.05, 0.1) is 18.8 Å². The summed E-state index contributed by atoms with van der Waals surface area (Å²) in [6.45, 7) is 77.5. The Morgan fingerprint density at radius 1 is 0.426 bits per heavy atom. The molecule has 630 valence electrons. The molecule has 12 aliphatic carbocycles. The molecular formula is C99H180O9. The van der Waals surface area contributed by atoms with Gasteiger partial charge in [0, 0.05) is 105 Å². The van der Waals surface area contributed by atoms with Crippen LogP contribution in [0.25, 0.3) is 0 Å². The number of fused-ring (bicyclic) bond motifs is 10. The molecule has 9 heteroatoms. The van der Waals surface area contributed by atoms with Crippen molar-refractivity contribution in [1.82, 2.24) is 0 Å². The predicted molar refractivity (Wildman–Crippen MR) is 462 cm³/mol. The number of aryl methyl sites for hydroxylation is 2. The van der Waals surface area contributed by atoms with E-state index in [0.717, 1.165) is 177 Å². The second-order valence-electron chi connectivity index (χ2n) is 40.1. The number of benzene rings is 2. The lowest BCUT2D eigenvalue weighted by atomic mass is 9.46. The number of rotatable bonds is 28. The Morgan fingerprint density at radius 3 is 1.48 bits per heavy atom. The van der Waals surface area contributed by atoms with Gasteiger partial charge in [0.1, 0.15) is 0 Å². The van der Waals surface area contributed by atoms with Crippen LogP contribution in [0.5, 0.6) is 0 Å². The topological polar surface area (TPSA) is 83.1 Å². The van der Waals surface area contributed by atoms with Gasteiger partial charge in [-0.1, -0.05) is 187 Å². The smallest absolute Gasteiger partial charge is 0.0682 e. The largest absolute Gasteiger partial charge is 0.382 e. The molecule has 2 aromatic carbocycles. The van der Waals surface area contributed by atoms with Crippen molar-refractivity contribution in [2.45, 2.75) is 347 Å². The van der Waals surface area contributed by atoms with Gasteiger partial charge < -0.3 is 42.6 Å². The Morgan fingerprint density at radius 2 is 0.972 bits per heavy atom. The van der Waals surface area contributed by atoms with E-state index in [4.69, 9.17) is 42.6 Å². The maximum atomic E-state index is 5.99. The molecule has 2 aromatic rings. The molecule has 10 saturated carbocycles. The van der Waals surface area contributed by atoms with Crippen molar-refractivity contribution >= 4 is 0 Å². The van der Waals surface area contributed by atoms with Gasteiger partial charge in [-0.15, -0.1) is 0 Å². The quantitative estimate of drug-likeness (QED) is 0.0774. The van der Waals surface area contributed by atoms with Crippen molar-refractivity contribution in [3.8, 4) is 0 Å². The van der Waals surface area contributed by atoms with Gasteiger partial charge in [-0.25, -0.2) is 0 Å². The maximum Gasteiger partial charge on any atom is 0.0682 e. The molecule has 14 rings (SSSR count). The monoisotopic (exact) mass is 1510 g/mol. The molecule has 0 saturated heterocycles. The van der Waals surface area contributed by atoms with Crippen LogP contribution in [-0.4, -0.2) is 118 Å².